The quantitative estimate of drug-likeness (QED) is 0.866. The number of hydrogen-bond donors (Lipinski definition) is 1. The number of carbonyl (C=O) groups excluding carboxylic acids is 1. The largest absolute Gasteiger partial charge is 0.481 e. The van der Waals surface area contributed by atoms with Crippen LogP contribution in [0.25, 0.3) is 0 Å². The van der Waals surface area contributed by atoms with Gasteiger partial charge in [0.05, 0.1) is 6.42 Å². The Morgan fingerprint density at radius 2 is 2.06 bits per heavy atom. The molecule has 0 aliphatic carbocycles. The number of carbonyl (C=O) groups is 2. The first-order valence-corrected chi connectivity index (χ1v) is 5.71. The number of anilines is 1. The summed E-state index contributed by atoms with van der Waals surface area (Å²) in [6.45, 7) is 1.98. The van der Waals surface area contributed by atoms with Crippen molar-refractivity contribution < 1.29 is 14.7 Å². The fraction of sp³-hybridized carbons (Fsp3) is 0.385. The molecule has 1 atom stereocenters. The van der Waals surface area contributed by atoms with Crippen molar-refractivity contribution in [1.29, 1.82) is 0 Å². The van der Waals surface area contributed by atoms with Gasteiger partial charge in [-0.2, -0.15) is 0 Å². The first-order chi connectivity index (χ1) is 8.09. The molecule has 0 radical (unpaired) electrons. The Bertz CT molecular complexity index is 456. The van der Waals surface area contributed by atoms with Gasteiger partial charge in [0.2, 0.25) is 5.91 Å². The molecular formula is C13H15NO3. The van der Waals surface area contributed by atoms with Gasteiger partial charge in [0.15, 0.2) is 0 Å². The van der Waals surface area contributed by atoms with Crippen molar-refractivity contribution in [2.45, 2.75) is 32.2 Å². The van der Waals surface area contributed by atoms with Crippen molar-refractivity contribution in [3.63, 3.8) is 0 Å². The molecule has 1 N–H and O–H groups in total. The highest BCUT2D eigenvalue weighted by atomic mass is 16.4. The summed E-state index contributed by atoms with van der Waals surface area (Å²) >= 11 is 0. The molecule has 0 saturated heterocycles. The van der Waals surface area contributed by atoms with Crippen molar-refractivity contribution in [1.82, 2.24) is 0 Å². The van der Waals surface area contributed by atoms with Crippen LogP contribution in [0.2, 0.25) is 0 Å². The molecule has 0 fully saturated rings. The summed E-state index contributed by atoms with van der Waals surface area (Å²) in [4.78, 5) is 24.2. The number of para-hydroxylation sites is 1. The Morgan fingerprint density at radius 3 is 2.76 bits per heavy atom. The van der Waals surface area contributed by atoms with E-state index in [1.54, 1.807) is 4.90 Å². The number of benzene rings is 1. The van der Waals surface area contributed by atoms with Crippen LogP contribution in [0.1, 0.15) is 25.3 Å². The van der Waals surface area contributed by atoms with E-state index in [0.717, 1.165) is 17.7 Å². The molecule has 0 bridgehead atoms. The van der Waals surface area contributed by atoms with Crippen LogP contribution in [0.4, 0.5) is 5.69 Å². The Labute approximate surface area is 99.9 Å². The third kappa shape index (κ3) is 2.30. The van der Waals surface area contributed by atoms with Gasteiger partial charge in [-0.15, -0.1) is 0 Å². The summed E-state index contributed by atoms with van der Waals surface area (Å²) < 4.78 is 0. The lowest BCUT2D eigenvalue weighted by atomic mass is 10.1. The number of carboxylic acids is 1. The summed E-state index contributed by atoms with van der Waals surface area (Å²) in [5.74, 6) is -1.04. The lowest BCUT2D eigenvalue weighted by Gasteiger charge is -2.22. The summed E-state index contributed by atoms with van der Waals surface area (Å²) in [7, 11) is 0. The van der Waals surface area contributed by atoms with E-state index >= 15 is 0 Å². The molecule has 0 aromatic heterocycles. The van der Waals surface area contributed by atoms with Gasteiger partial charge in [0, 0.05) is 18.2 Å². The first-order valence-electron chi connectivity index (χ1n) is 5.71. The Balaban J connectivity index is 2.16. The summed E-state index contributed by atoms with van der Waals surface area (Å²) in [5.41, 5.74) is 2.08. The molecule has 1 aliphatic rings. The van der Waals surface area contributed by atoms with Crippen LogP contribution in [-0.2, 0) is 16.0 Å². The number of rotatable bonds is 3. The van der Waals surface area contributed by atoms with E-state index in [9.17, 15) is 9.59 Å². The minimum absolute atomic E-state index is 0.0635. The number of carboxylic acid groups (broad SMARTS) is 1. The molecule has 17 heavy (non-hydrogen) atoms. The number of nitrogens with zero attached hydrogens (tertiary/aromatic N) is 1. The van der Waals surface area contributed by atoms with Crippen molar-refractivity contribution in [2.24, 2.45) is 0 Å². The van der Waals surface area contributed by atoms with E-state index in [-0.39, 0.29) is 24.8 Å². The molecule has 4 nitrogen and oxygen atoms in total. The normalized spacial score (nSPS) is 17.9. The zero-order valence-electron chi connectivity index (χ0n) is 9.72. The third-order valence-corrected chi connectivity index (χ3v) is 3.03. The number of fused-ring (bicyclic) bond motifs is 1. The van der Waals surface area contributed by atoms with Gasteiger partial charge in [-0.3, -0.25) is 9.59 Å². The maximum atomic E-state index is 12.0. The van der Waals surface area contributed by atoms with E-state index in [2.05, 4.69) is 0 Å². The van der Waals surface area contributed by atoms with Crippen LogP contribution >= 0.6 is 0 Å². The van der Waals surface area contributed by atoms with Crippen molar-refractivity contribution in [2.75, 3.05) is 4.90 Å². The number of amides is 1. The van der Waals surface area contributed by atoms with Crippen LogP contribution in [-0.4, -0.2) is 23.0 Å². The van der Waals surface area contributed by atoms with Crippen LogP contribution < -0.4 is 4.90 Å². The van der Waals surface area contributed by atoms with Crippen molar-refractivity contribution in [3.05, 3.63) is 29.8 Å². The monoisotopic (exact) mass is 233 g/mol. The lowest BCUT2D eigenvalue weighted by molar-refractivity contribution is -0.138. The van der Waals surface area contributed by atoms with Crippen LogP contribution in [0.5, 0.6) is 0 Å². The smallest absolute Gasteiger partial charge is 0.303 e. The fourth-order valence-electron chi connectivity index (χ4n) is 2.28. The summed E-state index contributed by atoms with van der Waals surface area (Å²) in [6.07, 6.45) is 0.799. The minimum atomic E-state index is -0.932. The summed E-state index contributed by atoms with van der Waals surface area (Å²) in [6, 6.07) is 7.90. The molecule has 0 saturated carbocycles. The first kappa shape index (κ1) is 11.6. The Hall–Kier alpha value is -1.84. The van der Waals surface area contributed by atoms with Crippen molar-refractivity contribution in [3.8, 4) is 0 Å². The molecule has 1 aromatic rings. The zero-order chi connectivity index (χ0) is 12.4. The molecule has 90 valence electrons. The highest BCUT2D eigenvalue weighted by molar-refractivity contribution is 5.97. The summed E-state index contributed by atoms with van der Waals surface area (Å²) in [5, 5.41) is 8.60. The average Bonchev–Trinajstić information content (AvgIpc) is 2.61. The third-order valence-electron chi connectivity index (χ3n) is 3.03. The maximum Gasteiger partial charge on any atom is 0.303 e. The van der Waals surface area contributed by atoms with Crippen molar-refractivity contribution >= 4 is 17.6 Å². The van der Waals surface area contributed by atoms with Crippen LogP contribution in [0, 0.1) is 0 Å². The lowest BCUT2D eigenvalue weighted by Crippen LogP contribution is -2.35. The second-order valence-electron chi connectivity index (χ2n) is 4.34. The van der Waals surface area contributed by atoms with Gasteiger partial charge in [0.25, 0.3) is 0 Å². The molecular weight excluding hydrogens is 218 g/mol. The van der Waals surface area contributed by atoms with E-state index < -0.39 is 5.97 Å². The zero-order valence-corrected chi connectivity index (χ0v) is 9.72. The van der Waals surface area contributed by atoms with Gasteiger partial charge in [0.1, 0.15) is 0 Å². The van der Waals surface area contributed by atoms with Crippen LogP contribution in [0.3, 0.4) is 0 Å². The van der Waals surface area contributed by atoms with E-state index in [1.807, 2.05) is 31.2 Å². The Morgan fingerprint density at radius 1 is 1.35 bits per heavy atom. The molecule has 2 rings (SSSR count). The predicted octanol–water partition coefficient (Wildman–Crippen LogP) is 1.83. The second kappa shape index (κ2) is 4.57. The fourth-order valence-corrected chi connectivity index (χ4v) is 2.28. The SMILES string of the molecule is C[C@@H]1Cc2ccccc2N1C(=O)CCC(=O)O. The molecule has 1 heterocycles. The number of hydrogen-bond acceptors (Lipinski definition) is 2. The predicted molar refractivity (Wildman–Crippen MR) is 64.0 cm³/mol. The Kier molecular flexibility index (Phi) is 3.13. The van der Waals surface area contributed by atoms with E-state index in [1.165, 1.54) is 0 Å². The molecule has 1 aromatic carbocycles. The van der Waals surface area contributed by atoms with Gasteiger partial charge in [-0.1, -0.05) is 18.2 Å². The second-order valence-corrected chi connectivity index (χ2v) is 4.34. The minimum Gasteiger partial charge on any atom is -0.481 e. The highest BCUT2D eigenvalue weighted by Gasteiger charge is 2.30. The molecule has 0 unspecified atom stereocenters. The standard InChI is InChI=1S/C13H15NO3/c1-9-8-10-4-2-3-5-11(10)14(9)12(15)6-7-13(16)17/h2-5,9H,6-8H2,1H3,(H,16,17)/t9-/m1/s1. The van der Waals surface area contributed by atoms with E-state index in [0.29, 0.717) is 0 Å². The topological polar surface area (TPSA) is 57.6 Å². The van der Waals surface area contributed by atoms with Gasteiger partial charge >= 0.3 is 5.97 Å². The van der Waals surface area contributed by atoms with E-state index in [4.69, 9.17) is 5.11 Å². The molecule has 1 amide bonds. The van der Waals surface area contributed by atoms with Gasteiger partial charge < -0.3 is 10.0 Å². The van der Waals surface area contributed by atoms with Crippen LogP contribution in [0.15, 0.2) is 24.3 Å². The number of aliphatic carboxylic acids is 1. The van der Waals surface area contributed by atoms with Gasteiger partial charge in [-0.05, 0) is 25.0 Å². The average molecular weight is 233 g/mol. The maximum absolute atomic E-state index is 12.0. The molecule has 1 aliphatic heterocycles. The van der Waals surface area contributed by atoms with Gasteiger partial charge in [-0.25, -0.2) is 0 Å². The molecule has 4 heteroatoms. The molecule has 0 spiro atoms. The highest BCUT2D eigenvalue weighted by Crippen LogP contribution is 2.32.